The molecule has 0 saturated carbocycles. The minimum absolute atomic E-state index is 0.0649. The number of carbonyl (C=O) groups excluding carboxylic acids is 1. The van der Waals surface area contributed by atoms with Crippen LogP contribution < -0.4 is 5.73 Å². The van der Waals surface area contributed by atoms with Crippen LogP contribution in [-0.4, -0.2) is 44.3 Å². The quantitative estimate of drug-likeness (QED) is 0.811. The van der Waals surface area contributed by atoms with E-state index in [1.165, 1.54) is 11.1 Å². The predicted octanol–water partition coefficient (Wildman–Crippen LogP) is 0.896. The smallest absolute Gasteiger partial charge is 0.218 e. The van der Waals surface area contributed by atoms with Crippen LogP contribution in [-0.2, 0) is 21.1 Å². The van der Waals surface area contributed by atoms with E-state index in [2.05, 4.69) is 17.0 Å². The van der Waals surface area contributed by atoms with E-state index in [0.717, 1.165) is 12.8 Å². The third-order valence-electron chi connectivity index (χ3n) is 4.05. The first-order valence-corrected chi connectivity index (χ1v) is 8.98. The van der Waals surface area contributed by atoms with Crippen LogP contribution in [0.4, 0.5) is 0 Å². The van der Waals surface area contributed by atoms with E-state index in [1.54, 1.807) is 0 Å². The lowest BCUT2D eigenvalue weighted by Crippen LogP contribution is -2.30. The Morgan fingerprint density at radius 2 is 2.05 bits per heavy atom. The molecule has 0 radical (unpaired) electrons. The maximum Gasteiger partial charge on any atom is 0.218 e. The minimum atomic E-state index is -3.22. The first-order chi connectivity index (χ1) is 9.89. The largest absolute Gasteiger partial charge is 0.370 e. The molecule has 1 aliphatic carbocycles. The minimum Gasteiger partial charge on any atom is -0.370 e. The van der Waals surface area contributed by atoms with Gasteiger partial charge in [-0.05, 0) is 31.0 Å². The van der Waals surface area contributed by atoms with Crippen LogP contribution in [0, 0.1) is 0 Å². The van der Waals surface area contributed by atoms with E-state index < -0.39 is 15.7 Å². The summed E-state index contributed by atoms with van der Waals surface area (Å²) in [6, 6.07) is 8.59. The Balaban J connectivity index is 1.91. The first-order valence-electron chi connectivity index (χ1n) is 7.16. The number of carbonyl (C=O) groups is 1. The molecule has 0 spiro atoms. The SMILES string of the molecule is CN(CCS(=O)(=O)CCC(N)=O)[C@@H]1CCc2ccccc21. The maximum absolute atomic E-state index is 11.9. The summed E-state index contributed by atoms with van der Waals surface area (Å²) < 4.78 is 23.7. The number of rotatable bonds is 7. The Kier molecular flexibility index (Phi) is 5.00. The van der Waals surface area contributed by atoms with Gasteiger partial charge in [0.1, 0.15) is 0 Å². The number of amides is 1. The molecule has 0 aliphatic heterocycles. The molecule has 0 aromatic heterocycles. The second kappa shape index (κ2) is 6.58. The van der Waals surface area contributed by atoms with Crippen molar-refractivity contribution < 1.29 is 13.2 Å². The third kappa shape index (κ3) is 4.28. The zero-order valence-electron chi connectivity index (χ0n) is 12.3. The van der Waals surface area contributed by atoms with Gasteiger partial charge in [-0.2, -0.15) is 0 Å². The second-order valence-corrected chi connectivity index (χ2v) is 7.91. The van der Waals surface area contributed by atoms with Crippen molar-refractivity contribution in [3.05, 3.63) is 35.4 Å². The lowest BCUT2D eigenvalue weighted by Gasteiger charge is -2.25. The van der Waals surface area contributed by atoms with Crippen LogP contribution in [0.1, 0.15) is 30.0 Å². The van der Waals surface area contributed by atoms with Gasteiger partial charge in [0.05, 0.1) is 11.5 Å². The van der Waals surface area contributed by atoms with Crippen molar-refractivity contribution in [1.82, 2.24) is 4.90 Å². The molecule has 0 heterocycles. The Hall–Kier alpha value is -1.40. The van der Waals surface area contributed by atoms with E-state index in [-0.39, 0.29) is 24.0 Å². The van der Waals surface area contributed by atoms with Crippen molar-refractivity contribution in [2.75, 3.05) is 25.1 Å². The molecule has 6 heteroatoms. The summed E-state index contributed by atoms with van der Waals surface area (Å²) in [6.07, 6.45) is 1.97. The molecule has 116 valence electrons. The van der Waals surface area contributed by atoms with E-state index in [0.29, 0.717) is 6.54 Å². The monoisotopic (exact) mass is 310 g/mol. The molecule has 5 nitrogen and oxygen atoms in total. The van der Waals surface area contributed by atoms with Crippen molar-refractivity contribution in [3.8, 4) is 0 Å². The van der Waals surface area contributed by atoms with Gasteiger partial charge in [-0.25, -0.2) is 8.42 Å². The summed E-state index contributed by atoms with van der Waals surface area (Å²) in [5.41, 5.74) is 7.65. The number of primary amides is 1. The van der Waals surface area contributed by atoms with Gasteiger partial charge in [-0.3, -0.25) is 9.69 Å². The van der Waals surface area contributed by atoms with Crippen LogP contribution in [0.3, 0.4) is 0 Å². The molecular weight excluding hydrogens is 288 g/mol. The first kappa shape index (κ1) is 16.0. The average molecular weight is 310 g/mol. The zero-order chi connectivity index (χ0) is 15.5. The fourth-order valence-corrected chi connectivity index (χ4v) is 4.07. The summed E-state index contributed by atoms with van der Waals surface area (Å²) in [6.45, 7) is 0.472. The molecule has 1 aromatic rings. The van der Waals surface area contributed by atoms with E-state index in [1.807, 2.05) is 19.2 Å². The molecule has 2 rings (SSSR count). The van der Waals surface area contributed by atoms with Gasteiger partial charge in [0.2, 0.25) is 5.91 Å². The van der Waals surface area contributed by atoms with Gasteiger partial charge in [-0.15, -0.1) is 0 Å². The third-order valence-corrected chi connectivity index (χ3v) is 5.68. The number of benzene rings is 1. The van der Waals surface area contributed by atoms with Gasteiger partial charge in [-0.1, -0.05) is 24.3 Å². The van der Waals surface area contributed by atoms with Gasteiger partial charge in [0, 0.05) is 19.0 Å². The highest BCUT2D eigenvalue weighted by atomic mass is 32.2. The van der Waals surface area contributed by atoms with Crippen molar-refractivity contribution in [1.29, 1.82) is 0 Å². The van der Waals surface area contributed by atoms with Crippen LogP contribution in [0.15, 0.2) is 24.3 Å². The molecule has 0 fully saturated rings. The predicted molar refractivity (Wildman–Crippen MR) is 82.6 cm³/mol. The summed E-state index contributed by atoms with van der Waals surface area (Å²) in [4.78, 5) is 12.8. The van der Waals surface area contributed by atoms with Crippen LogP contribution in [0.2, 0.25) is 0 Å². The van der Waals surface area contributed by atoms with E-state index in [9.17, 15) is 13.2 Å². The number of sulfone groups is 1. The van der Waals surface area contributed by atoms with E-state index in [4.69, 9.17) is 5.73 Å². The molecule has 1 amide bonds. The average Bonchev–Trinajstić information content (AvgIpc) is 2.87. The summed E-state index contributed by atoms with van der Waals surface area (Å²) >= 11 is 0. The van der Waals surface area contributed by atoms with Gasteiger partial charge in [0.15, 0.2) is 9.84 Å². The number of hydrogen-bond acceptors (Lipinski definition) is 4. The molecule has 1 atom stereocenters. The molecule has 0 saturated heterocycles. The summed E-state index contributed by atoms with van der Waals surface area (Å²) in [7, 11) is -1.27. The number of nitrogens with two attached hydrogens (primary N) is 1. The Bertz CT molecular complexity index is 613. The lowest BCUT2D eigenvalue weighted by atomic mass is 10.1. The molecule has 0 unspecified atom stereocenters. The number of hydrogen-bond donors (Lipinski definition) is 1. The van der Waals surface area contributed by atoms with Crippen LogP contribution in [0.5, 0.6) is 0 Å². The van der Waals surface area contributed by atoms with Gasteiger partial charge in [0.25, 0.3) is 0 Å². The second-order valence-electron chi connectivity index (χ2n) is 5.60. The van der Waals surface area contributed by atoms with Crippen molar-refractivity contribution in [2.45, 2.75) is 25.3 Å². The molecular formula is C15H22N2O3S. The fourth-order valence-electron chi connectivity index (χ4n) is 2.79. The molecule has 1 aliphatic rings. The summed E-state index contributed by atoms with van der Waals surface area (Å²) in [5, 5.41) is 0. The molecule has 0 bridgehead atoms. The van der Waals surface area contributed by atoms with Gasteiger partial charge < -0.3 is 5.73 Å². The summed E-state index contributed by atoms with van der Waals surface area (Å²) in [5.74, 6) is -0.663. The lowest BCUT2D eigenvalue weighted by molar-refractivity contribution is -0.117. The highest BCUT2D eigenvalue weighted by molar-refractivity contribution is 7.91. The number of fused-ring (bicyclic) bond motifs is 1. The Morgan fingerprint density at radius 3 is 2.76 bits per heavy atom. The molecule has 2 N–H and O–H groups in total. The number of nitrogens with zero attached hydrogens (tertiary/aromatic N) is 1. The van der Waals surface area contributed by atoms with Gasteiger partial charge >= 0.3 is 0 Å². The van der Waals surface area contributed by atoms with Crippen LogP contribution in [0.25, 0.3) is 0 Å². The zero-order valence-corrected chi connectivity index (χ0v) is 13.1. The Labute approximate surface area is 126 Å². The van der Waals surface area contributed by atoms with Crippen molar-refractivity contribution >= 4 is 15.7 Å². The normalized spacial score (nSPS) is 17.9. The molecule has 21 heavy (non-hydrogen) atoms. The topological polar surface area (TPSA) is 80.5 Å². The molecule has 1 aromatic carbocycles. The van der Waals surface area contributed by atoms with Crippen molar-refractivity contribution in [3.63, 3.8) is 0 Å². The Morgan fingerprint density at radius 1 is 1.33 bits per heavy atom. The van der Waals surface area contributed by atoms with E-state index >= 15 is 0 Å². The van der Waals surface area contributed by atoms with Crippen LogP contribution >= 0.6 is 0 Å². The standard InChI is InChI=1S/C15H22N2O3S/c1-17(9-11-21(19,20)10-8-15(16)18)14-7-6-12-4-2-3-5-13(12)14/h2-5,14H,6-11H2,1H3,(H2,16,18)/t14-/m1/s1. The van der Waals surface area contributed by atoms with Crippen molar-refractivity contribution in [2.24, 2.45) is 5.73 Å². The highest BCUT2D eigenvalue weighted by Crippen LogP contribution is 2.34. The maximum atomic E-state index is 11.9. The number of aryl methyl sites for hydroxylation is 1. The highest BCUT2D eigenvalue weighted by Gasteiger charge is 2.26. The fraction of sp³-hybridized carbons (Fsp3) is 0.533.